The van der Waals surface area contributed by atoms with Gasteiger partial charge in [-0.2, -0.15) is 0 Å². The Labute approximate surface area is 183 Å². The van der Waals surface area contributed by atoms with Crippen molar-refractivity contribution >= 4 is 45.5 Å². The molecular weight excluding hydrogens is 398 g/mol. The molecule has 0 unspecified atom stereocenters. The Kier molecular flexibility index (Phi) is 6.41. The fraction of sp³-hybridized carbons (Fsp3) is 0.375. The number of fused-ring (bicyclic) bond motifs is 1. The molecule has 0 radical (unpaired) electrons. The lowest BCUT2D eigenvalue weighted by molar-refractivity contribution is 0.281. The van der Waals surface area contributed by atoms with Gasteiger partial charge in [0.1, 0.15) is 0 Å². The highest BCUT2D eigenvalue weighted by Crippen LogP contribution is 2.27. The molecule has 0 amide bonds. The van der Waals surface area contributed by atoms with Gasteiger partial charge in [-0.3, -0.25) is 0 Å². The molecule has 152 valence electrons. The van der Waals surface area contributed by atoms with Gasteiger partial charge in [0, 0.05) is 40.4 Å². The molecule has 1 heterocycles. The average molecular weight is 426 g/mol. The molecule has 1 aliphatic carbocycles. The zero-order valence-electron chi connectivity index (χ0n) is 16.9. The van der Waals surface area contributed by atoms with E-state index in [-0.39, 0.29) is 0 Å². The molecule has 0 aliphatic heterocycles. The van der Waals surface area contributed by atoms with E-state index < -0.39 is 0 Å². The highest BCUT2D eigenvalue weighted by Gasteiger charge is 2.24. The first-order valence-corrected chi connectivity index (χ1v) is 11.3. The summed E-state index contributed by atoms with van der Waals surface area (Å²) in [6, 6.07) is 15.0. The molecule has 0 saturated heterocycles. The van der Waals surface area contributed by atoms with E-state index >= 15 is 0 Å². The van der Waals surface area contributed by atoms with E-state index in [4.69, 9.17) is 23.8 Å². The summed E-state index contributed by atoms with van der Waals surface area (Å²) < 4.78 is 0. The van der Waals surface area contributed by atoms with Crippen LogP contribution in [0.15, 0.2) is 48.7 Å². The van der Waals surface area contributed by atoms with Crippen LogP contribution in [0, 0.1) is 6.92 Å². The number of nitrogens with zero attached hydrogens (tertiary/aromatic N) is 1. The van der Waals surface area contributed by atoms with Crippen molar-refractivity contribution < 1.29 is 0 Å². The molecule has 5 heteroatoms. The zero-order valence-corrected chi connectivity index (χ0v) is 18.5. The minimum Gasteiger partial charge on any atom is -0.361 e. The Morgan fingerprint density at radius 1 is 1.14 bits per heavy atom. The van der Waals surface area contributed by atoms with E-state index in [1.54, 1.807) is 0 Å². The van der Waals surface area contributed by atoms with Crippen molar-refractivity contribution in [2.24, 2.45) is 0 Å². The van der Waals surface area contributed by atoms with Crippen LogP contribution < -0.4 is 5.32 Å². The van der Waals surface area contributed by atoms with Gasteiger partial charge in [0.15, 0.2) is 5.11 Å². The lowest BCUT2D eigenvalue weighted by atomic mass is 10.1. The van der Waals surface area contributed by atoms with Gasteiger partial charge in [-0.1, -0.05) is 61.5 Å². The maximum absolute atomic E-state index is 6.33. The normalized spacial score (nSPS) is 15.2. The summed E-state index contributed by atoms with van der Waals surface area (Å²) in [7, 11) is 0. The third-order valence-electron chi connectivity index (χ3n) is 5.97. The first kappa shape index (κ1) is 20.2. The summed E-state index contributed by atoms with van der Waals surface area (Å²) in [5.74, 6) is 0. The largest absolute Gasteiger partial charge is 0.361 e. The van der Waals surface area contributed by atoms with Crippen LogP contribution in [0.25, 0.3) is 10.9 Å². The fourth-order valence-corrected chi connectivity index (χ4v) is 4.76. The minimum atomic E-state index is 0.465. The van der Waals surface area contributed by atoms with Crippen molar-refractivity contribution in [1.82, 2.24) is 9.88 Å². The van der Waals surface area contributed by atoms with Crippen LogP contribution in [0.3, 0.4) is 0 Å². The number of nitrogens with one attached hydrogen (secondary N) is 2. The van der Waals surface area contributed by atoms with E-state index in [0.29, 0.717) is 6.04 Å². The van der Waals surface area contributed by atoms with Crippen molar-refractivity contribution in [1.29, 1.82) is 0 Å². The lowest BCUT2D eigenvalue weighted by Crippen LogP contribution is -2.42. The van der Waals surface area contributed by atoms with Crippen molar-refractivity contribution in [3.05, 3.63) is 64.8 Å². The van der Waals surface area contributed by atoms with E-state index in [0.717, 1.165) is 27.9 Å². The SMILES string of the molecule is Cc1ccc(NC(=S)N(Cc2c[nH]c3ccccc23)C2CCCCCC2)cc1Cl. The molecular formula is C24H28ClN3S. The van der Waals surface area contributed by atoms with Crippen LogP contribution in [0.1, 0.15) is 49.7 Å². The van der Waals surface area contributed by atoms with Gasteiger partial charge < -0.3 is 15.2 Å². The third kappa shape index (κ3) is 4.76. The molecule has 0 bridgehead atoms. The Hall–Kier alpha value is -2.04. The zero-order chi connectivity index (χ0) is 20.2. The second kappa shape index (κ2) is 9.19. The summed E-state index contributed by atoms with van der Waals surface area (Å²) in [5.41, 5.74) is 4.48. The highest BCUT2D eigenvalue weighted by atomic mass is 35.5. The molecule has 4 rings (SSSR count). The second-order valence-corrected chi connectivity index (χ2v) is 8.82. The number of anilines is 1. The standard InChI is InChI=1S/C24H28ClN3S/c1-17-12-13-19(14-22(17)25)27-24(29)28(20-8-4-2-3-5-9-20)16-18-15-26-23-11-7-6-10-21(18)23/h6-7,10-15,20,26H,2-5,8-9,16H2,1H3,(H,27,29). The fourth-order valence-electron chi connectivity index (χ4n) is 4.25. The van der Waals surface area contributed by atoms with Gasteiger partial charge in [0.2, 0.25) is 0 Å². The van der Waals surface area contributed by atoms with Crippen molar-refractivity contribution in [3.63, 3.8) is 0 Å². The maximum atomic E-state index is 6.33. The van der Waals surface area contributed by atoms with Gasteiger partial charge in [-0.15, -0.1) is 0 Å². The minimum absolute atomic E-state index is 0.465. The van der Waals surface area contributed by atoms with Crippen LogP contribution in [-0.2, 0) is 6.54 Å². The van der Waals surface area contributed by atoms with Gasteiger partial charge >= 0.3 is 0 Å². The number of benzene rings is 2. The molecule has 29 heavy (non-hydrogen) atoms. The average Bonchev–Trinajstić information content (AvgIpc) is 2.93. The van der Waals surface area contributed by atoms with Crippen molar-refractivity contribution in [3.8, 4) is 0 Å². The molecule has 0 spiro atoms. The van der Waals surface area contributed by atoms with Gasteiger partial charge in [0.25, 0.3) is 0 Å². The number of rotatable bonds is 4. The quantitative estimate of drug-likeness (QED) is 0.346. The first-order valence-electron chi connectivity index (χ1n) is 10.5. The van der Waals surface area contributed by atoms with Crippen LogP contribution >= 0.6 is 23.8 Å². The van der Waals surface area contributed by atoms with E-state index in [9.17, 15) is 0 Å². The predicted octanol–water partition coefficient (Wildman–Crippen LogP) is 7.05. The molecule has 2 aromatic carbocycles. The number of H-pyrrole nitrogens is 1. The topological polar surface area (TPSA) is 31.1 Å². The van der Waals surface area contributed by atoms with Crippen LogP contribution in [0.5, 0.6) is 0 Å². The third-order valence-corrected chi connectivity index (χ3v) is 6.71. The number of aromatic nitrogens is 1. The summed E-state index contributed by atoms with van der Waals surface area (Å²) in [6.07, 6.45) is 9.70. The van der Waals surface area contributed by atoms with Crippen LogP contribution in [0.2, 0.25) is 5.02 Å². The smallest absolute Gasteiger partial charge is 0.173 e. The number of hydrogen-bond acceptors (Lipinski definition) is 1. The van der Waals surface area contributed by atoms with Crippen LogP contribution in [-0.4, -0.2) is 21.0 Å². The summed E-state index contributed by atoms with van der Waals surface area (Å²) in [5, 5.41) is 6.26. The Morgan fingerprint density at radius 3 is 2.66 bits per heavy atom. The van der Waals surface area contributed by atoms with E-state index in [1.807, 2.05) is 25.1 Å². The van der Waals surface area contributed by atoms with Crippen LogP contribution in [0.4, 0.5) is 5.69 Å². The number of aromatic amines is 1. The van der Waals surface area contributed by atoms with Crippen molar-refractivity contribution in [2.45, 2.75) is 58.0 Å². The van der Waals surface area contributed by atoms with Gasteiger partial charge in [0.05, 0.1) is 0 Å². The Balaban J connectivity index is 1.60. The van der Waals surface area contributed by atoms with E-state index in [1.165, 1.54) is 55.0 Å². The number of thiocarbonyl (C=S) groups is 1. The monoisotopic (exact) mass is 425 g/mol. The van der Waals surface area contributed by atoms with E-state index in [2.05, 4.69) is 45.7 Å². The second-order valence-electron chi connectivity index (χ2n) is 8.03. The molecule has 0 atom stereocenters. The molecule has 1 fully saturated rings. The first-order chi connectivity index (χ1) is 14.1. The number of halogens is 1. The number of hydrogen-bond donors (Lipinski definition) is 2. The lowest BCUT2D eigenvalue weighted by Gasteiger charge is -2.34. The predicted molar refractivity (Wildman–Crippen MR) is 128 cm³/mol. The molecule has 3 nitrogen and oxygen atoms in total. The molecule has 1 aromatic heterocycles. The maximum Gasteiger partial charge on any atom is 0.173 e. The molecule has 2 N–H and O–H groups in total. The summed E-state index contributed by atoms with van der Waals surface area (Å²) in [6.45, 7) is 2.82. The summed E-state index contributed by atoms with van der Waals surface area (Å²) in [4.78, 5) is 5.80. The highest BCUT2D eigenvalue weighted by molar-refractivity contribution is 7.80. The van der Waals surface area contributed by atoms with Gasteiger partial charge in [-0.25, -0.2) is 0 Å². The Bertz CT molecular complexity index is 989. The van der Waals surface area contributed by atoms with Gasteiger partial charge in [-0.05, 0) is 61.3 Å². The summed E-state index contributed by atoms with van der Waals surface area (Å²) >= 11 is 12.2. The molecule has 3 aromatic rings. The molecule has 1 aliphatic rings. The Morgan fingerprint density at radius 2 is 1.90 bits per heavy atom. The molecule has 1 saturated carbocycles. The number of para-hydroxylation sites is 1. The van der Waals surface area contributed by atoms with Crippen molar-refractivity contribution in [2.75, 3.05) is 5.32 Å². The number of aryl methyl sites for hydroxylation is 1.